The van der Waals surface area contributed by atoms with Crippen molar-refractivity contribution < 1.29 is 47.3 Å². The van der Waals surface area contributed by atoms with E-state index in [0.29, 0.717) is 11.1 Å². The molecule has 1 aromatic carbocycles. The Morgan fingerprint density at radius 3 is 1.75 bits per heavy atom. The Kier molecular flexibility index (Phi) is 2.88. The van der Waals surface area contributed by atoms with Gasteiger partial charge in [0, 0.05) is 37.7 Å². The molecule has 0 saturated carbocycles. The Morgan fingerprint density at radius 1 is 0.917 bits per heavy atom. The molecule has 3 nitrogen and oxygen atoms in total. The summed E-state index contributed by atoms with van der Waals surface area (Å²) >= 11 is 0. The van der Waals surface area contributed by atoms with E-state index in [1.54, 1.807) is 24.3 Å². The summed E-state index contributed by atoms with van der Waals surface area (Å²) in [5.41, 5.74) is 0.940. The van der Waals surface area contributed by atoms with Gasteiger partial charge < -0.3 is 0 Å². The molecule has 12 heavy (non-hydrogen) atoms. The summed E-state index contributed by atoms with van der Waals surface area (Å²) in [4.78, 5) is 21.9. The molecule has 2 amide bonds. The number of benzene rings is 1. The van der Waals surface area contributed by atoms with Gasteiger partial charge in [0.15, 0.2) is 0 Å². The first kappa shape index (κ1) is 9.71. The van der Waals surface area contributed by atoms with Crippen LogP contribution in [0.2, 0.25) is 0 Å². The molecule has 1 heterocycles. The first-order valence-corrected chi connectivity index (χ1v) is 3.24. The Bertz CT molecular complexity index is 316. The van der Waals surface area contributed by atoms with Gasteiger partial charge >= 0.3 is 0 Å². The minimum atomic E-state index is -0.300. The summed E-state index contributed by atoms with van der Waals surface area (Å²) in [6.07, 6.45) is 0. The summed E-state index contributed by atoms with van der Waals surface area (Å²) in [7, 11) is 0. The van der Waals surface area contributed by atoms with E-state index in [2.05, 4.69) is 5.32 Å². The van der Waals surface area contributed by atoms with Crippen molar-refractivity contribution in [1.29, 1.82) is 0 Å². The summed E-state index contributed by atoms with van der Waals surface area (Å²) in [6.45, 7) is 0. The molecule has 1 aliphatic rings. The van der Waals surface area contributed by atoms with Crippen LogP contribution < -0.4 is 5.32 Å². The molecule has 0 spiro atoms. The number of rotatable bonds is 0. The monoisotopic (exact) mass is 187 g/mol. The number of hydrogen-bond donors (Lipinski definition) is 1. The van der Waals surface area contributed by atoms with Crippen molar-refractivity contribution in [2.24, 2.45) is 0 Å². The van der Waals surface area contributed by atoms with Crippen LogP contribution in [0.25, 0.3) is 0 Å². The van der Waals surface area contributed by atoms with Gasteiger partial charge in [0.2, 0.25) is 0 Å². The number of amides is 2. The molecule has 4 heteroatoms. The van der Waals surface area contributed by atoms with Crippen molar-refractivity contribution in [2.75, 3.05) is 0 Å². The zero-order valence-corrected chi connectivity index (χ0v) is 6.69. The summed E-state index contributed by atoms with van der Waals surface area (Å²) in [5, 5.41) is 2.20. The van der Waals surface area contributed by atoms with Crippen molar-refractivity contribution in [1.82, 2.24) is 5.32 Å². The van der Waals surface area contributed by atoms with E-state index in [0.717, 1.165) is 0 Å². The molecule has 0 unspecified atom stereocenters. The quantitative estimate of drug-likeness (QED) is 0.603. The van der Waals surface area contributed by atoms with Gasteiger partial charge in [-0.2, -0.15) is 0 Å². The second-order valence-corrected chi connectivity index (χ2v) is 2.33. The second-order valence-electron chi connectivity index (χ2n) is 2.33. The van der Waals surface area contributed by atoms with Gasteiger partial charge in [-0.25, -0.2) is 0 Å². The SMILES string of the molecule is O=C1NC(=O)c2ccccc21.[Ar]. The van der Waals surface area contributed by atoms with Crippen molar-refractivity contribution in [2.45, 2.75) is 0 Å². The smallest absolute Gasteiger partial charge is 0.258 e. The van der Waals surface area contributed by atoms with E-state index in [4.69, 9.17) is 0 Å². The largest absolute Gasteiger partial charge is 0.288 e. The topological polar surface area (TPSA) is 46.2 Å². The number of carbonyl (C=O) groups excluding carboxylic acids is 2. The van der Waals surface area contributed by atoms with Gasteiger partial charge in [0.25, 0.3) is 11.8 Å². The number of nitrogens with one attached hydrogen (secondary N) is 1. The third-order valence-electron chi connectivity index (χ3n) is 1.64. The predicted molar refractivity (Wildman–Crippen MR) is 38.2 cm³/mol. The Labute approximate surface area is 99.1 Å². The van der Waals surface area contributed by atoms with Crippen LogP contribution in [0.5, 0.6) is 0 Å². The summed E-state index contributed by atoms with van der Waals surface area (Å²) in [6, 6.07) is 6.74. The Balaban J connectivity index is 0.000000720. The van der Waals surface area contributed by atoms with Gasteiger partial charge in [-0.15, -0.1) is 0 Å². The maximum atomic E-state index is 10.9. The van der Waals surface area contributed by atoms with Gasteiger partial charge in [0.05, 0.1) is 11.1 Å². The maximum absolute atomic E-state index is 10.9. The average Bonchev–Trinajstić information content (AvgIpc) is 2.30. The van der Waals surface area contributed by atoms with Gasteiger partial charge in [-0.1, -0.05) is 12.1 Å². The molecule has 1 aliphatic heterocycles. The third-order valence-corrected chi connectivity index (χ3v) is 1.64. The molecule has 0 aromatic heterocycles. The minimum Gasteiger partial charge on any atom is -0.288 e. The van der Waals surface area contributed by atoms with Crippen molar-refractivity contribution >= 4 is 11.8 Å². The molecule has 0 saturated heterocycles. The maximum Gasteiger partial charge on any atom is 0.258 e. The normalized spacial score (nSPS) is 13.3. The molecule has 0 aliphatic carbocycles. The van der Waals surface area contributed by atoms with E-state index in [1.165, 1.54) is 0 Å². The van der Waals surface area contributed by atoms with E-state index in [1.807, 2.05) is 0 Å². The van der Waals surface area contributed by atoms with Crippen LogP contribution in [0.15, 0.2) is 24.3 Å². The van der Waals surface area contributed by atoms with Gasteiger partial charge in [-0.3, -0.25) is 14.9 Å². The van der Waals surface area contributed by atoms with E-state index < -0.39 is 0 Å². The molecule has 0 radical (unpaired) electrons. The molecule has 1 aromatic rings. The third kappa shape index (κ3) is 1.40. The van der Waals surface area contributed by atoms with E-state index in [9.17, 15) is 9.59 Å². The average molecular weight is 187 g/mol. The van der Waals surface area contributed by atoms with Crippen LogP contribution in [0.1, 0.15) is 20.7 Å². The number of imide groups is 1. The van der Waals surface area contributed by atoms with Crippen molar-refractivity contribution in [3.8, 4) is 0 Å². The minimum absolute atomic E-state index is 0. The molecular weight excluding hydrogens is 182 g/mol. The molecule has 62 valence electrons. The van der Waals surface area contributed by atoms with Crippen LogP contribution in [-0.2, 0) is 0 Å². The first-order valence-electron chi connectivity index (χ1n) is 3.24. The Morgan fingerprint density at radius 2 is 1.33 bits per heavy atom. The van der Waals surface area contributed by atoms with Crippen molar-refractivity contribution in [3.05, 3.63) is 35.4 Å². The number of carbonyl (C=O) groups is 2. The summed E-state index contributed by atoms with van der Waals surface area (Å²) in [5.74, 6) is -0.601. The van der Waals surface area contributed by atoms with Crippen LogP contribution in [-0.4, -0.2) is 11.8 Å². The van der Waals surface area contributed by atoms with Crippen LogP contribution in [0.4, 0.5) is 0 Å². The van der Waals surface area contributed by atoms with Gasteiger partial charge in [0.1, 0.15) is 0 Å². The first-order chi connectivity index (χ1) is 5.29. The van der Waals surface area contributed by atoms with E-state index in [-0.39, 0.29) is 49.6 Å². The predicted octanol–water partition coefficient (Wildman–Crippen LogP) is 0.570. The van der Waals surface area contributed by atoms with Crippen LogP contribution in [0, 0.1) is 37.7 Å². The van der Waals surface area contributed by atoms with E-state index >= 15 is 0 Å². The van der Waals surface area contributed by atoms with Gasteiger partial charge in [-0.05, 0) is 12.1 Å². The van der Waals surface area contributed by atoms with Crippen LogP contribution >= 0.6 is 0 Å². The fraction of sp³-hybridized carbons (Fsp3) is 0. The zero-order valence-electron chi connectivity index (χ0n) is 5.98. The molecule has 2 rings (SSSR count). The Hall–Kier alpha value is -0.380. The standard InChI is InChI=1S/C8H5NO2.Ar/c10-7-5-3-1-2-4-6(5)8(11)9-7;/h1-4H,(H,9,10,11);. The molecule has 0 bridgehead atoms. The molecular formula is C8H5ArNO2. The van der Waals surface area contributed by atoms with Crippen LogP contribution in [0.3, 0.4) is 0 Å². The fourth-order valence-corrected chi connectivity index (χ4v) is 1.12. The number of fused-ring (bicyclic) bond motifs is 1. The summed E-state index contributed by atoms with van der Waals surface area (Å²) < 4.78 is 0. The second kappa shape index (κ2) is 3.56. The van der Waals surface area contributed by atoms with Crippen molar-refractivity contribution in [3.63, 3.8) is 0 Å². The fourth-order valence-electron chi connectivity index (χ4n) is 1.12. The molecule has 1 N–H and O–H groups in total. The number of hydrogen-bond acceptors (Lipinski definition) is 2. The zero-order chi connectivity index (χ0) is 7.84. The molecule has 0 atom stereocenters. The molecule has 0 fully saturated rings.